The van der Waals surface area contributed by atoms with Crippen LogP contribution in [0.1, 0.15) is 10.4 Å². The van der Waals surface area contributed by atoms with E-state index in [-0.39, 0.29) is 16.6 Å². The van der Waals surface area contributed by atoms with Gasteiger partial charge in [0.2, 0.25) is 0 Å². The fraction of sp³-hybridized carbons (Fsp3) is 0.300. The molecule has 1 aliphatic heterocycles. The average molecular weight is 273 g/mol. The largest absolute Gasteiger partial charge is 0.480 e. The number of carboxylic acid groups (broad SMARTS) is 1. The van der Waals surface area contributed by atoms with E-state index in [2.05, 4.69) is 4.98 Å². The Morgan fingerprint density at radius 3 is 3.00 bits per heavy atom. The third-order valence-corrected chi connectivity index (χ3v) is 3.73. The van der Waals surface area contributed by atoms with Crippen LogP contribution in [0.25, 0.3) is 0 Å². The molecular formula is C10H9ClN2O3S. The van der Waals surface area contributed by atoms with Crippen molar-refractivity contribution in [3.8, 4) is 0 Å². The number of carbonyl (C=O) groups is 2. The van der Waals surface area contributed by atoms with Gasteiger partial charge < -0.3 is 10.0 Å². The number of amides is 1. The van der Waals surface area contributed by atoms with Crippen molar-refractivity contribution < 1.29 is 14.7 Å². The van der Waals surface area contributed by atoms with Crippen LogP contribution in [0.4, 0.5) is 0 Å². The van der Waals surface area contributed by atoms with Gasteiger partial charge in [0.25, 0.3) is 5.91 Å². The molecule has 2 rings (SSSR count). The molecule has 0 aliphatic carbocycles. The lowest BCUT2D eigenvalue weighted by atomic mass is 10.2. The Hall–Kier alpha value is -1.27. The number of aromatic nitrogens is 1. The lowest BCUT2D eigenvalue weighted by Gasteiger charge is -2.20. The van der Waals surface area contributed by atoms with Gasteiger partial charge in [-0.1, -0.05) is 11.6 Å². The molecule has 17 heavy (non-hydrogen) atoms. The third kappa shape index (κ3) is 2.37. The molecule has 5 nitrogen and oxygen atoms in total. The number of thioether (sulfide) groups is 1. The molecule has 0 radical (unpaired) electrons. The predicted molar refractivity (Wildman–Crippen MR) is 64.2 cm³/mol. The van der Waals surface area contributed by atoms with Crippen LogP contribution in [-0.2, 0) is 4.79 Å². The van der Waals surface area contributed by atoms with Gasteiger partial charge in [0.05, 0.1) is 11.4 Å². The van der Waals surface area contributed by atoms with Gasteiger partial charge in [-0.05, 0) is 12.1 Å². The molecule has 7 heteroatoms. The van der Waals surface area contributed by atoms with Crippen LogP contribution in [-0.4, -0.2) is 44.5 Å². The van der Waals surface area contributed by atoms with Crippen LogP contribution in [0.3, 0.4) is 0 Å². The Morgan fingerprint density at radius 2 is 2.35 bits per heavy atom. The number of aliphatic carboxylic acids is 1. The highest BCUT2D eigenvalue weighted by molar-refractivity contribution is 7.99. The molecule has 1 saturated heterocycles. The Labute approximate surface area is 107 Å². The SMILES string of the molecule is O=C(O)[C@@H]1CSCN1C(=O)c1cccnc1Cl. The van der Waals surface area contributed by atoms with Crippen molar-refractivity contribution in [1.29, 1.82) is 0 Å². The zero-order valence-electron chi connectivity index (χ0n) is 8.67. The maximum Gasteiger partial charge on any atom is 0.327 e. The van der Waals surface area contributed by atoms with Crippen LogP contribution in [0, 0.1) is 0 Å². The Morgan fingerprint density at radius 1 is 1.59 bits per heavy atom. The summed E-state index contributed by atoms with van der Waals surface area (Å²) in [5.41, 5.74) is 0.239. The lowest BCUT2D eigenvalue weighted by molar-refractivity contribution is -0.140. The van der Waals surface area contributed by atoms with Gasteiger partial charge in [0.15, 0.2) is 0 Å². The van der Waals surface area contributed by atoms with Crippen LogP contribution >= 0.6 is 23.4 Å². The summed E-state index contributed by atoms with van der Waals surface area (Å²) in [6.45, 7) is 0. The highest BCUT2D eigenvalue weighted by Gasteiger charge is 2.35. The number of hydrogen-bond donors (Lipinski definition) is 1. The van der Waals surface area contributed by atoms with Gasteiger partial charge in [0.1, 0.15) is 11.2 Å². The lowest BCUT2D eigenvalue weighted by Crippen LogP contribution is -2.41. The van der Waals surface area contributed by atoms with Gasteiger partial charge in [-0.15, -0.1) is 11.8 Å². The van der Waals surface area contributed by atoms with Crippen LogP contribution < -0.4 is 0 Å². The normalized spacial score (nSPS) is 19.4. The first-order valence-corrected chi connectivity index (χ1v) is 6.36. The summed E-state index contributed by atoms with van der Waals surface area (Å²) < 4.78 is 0. The molecule has 1 amide bonds. The van der Waals surface area contributed by atoms with E-state index in [9.17, 15) is 9.59 Å². The molecule has 0 bridgehead atoms. The van der Waals surface area contributed by atoms with Crippen molar-refractivity contribution in [2.24, 2.45) is 0 Å². The van der Waals surface area contributed by atoms with E-state index in [0.29, 0.717) is 11.6 Å². The molecule has 0 aromatic carbocycles. The zero-order valence-corrected chi connectivity index (χ0v) is 10.2. The molecule has 2 heterocycles. The predicted octanol–water partition coefficient (Wildman–Crippen LogP) is 1.33. The van der Waals surface area contributed by atoms with Crippen LogP contribution in [0.2, 0.25) is 5.15 Å². The van der Waals surface area contributed by atoms with Crippen molar-refractivity contribution in [2.75, 3.05) is 11.6 Å². The second-order valence-electron chi connectivity index (χ2n) is 3.47. The van der Waals surface area contributed by atoms with Crippen LogP contribution in [0.5, 0.6) is 0 Å². The smallest absolute Gasteiger partial charge is 0.327 e. The van der Waals surface area contributed by atoms with Crippen LogP contribution in [0.15, 0.2) is 18.3 Å². The van der Waals surface area contributed by atoms with E-state index < -0.39 is 12.0 Å². The van der Waals surface area contributed by atoms with Crippen molar-refractivity contribution >= 4 is 35.2 Å². The number of nitrogens with zero attached hydrogens (tertiary/aromatic N) is 2. The van der Waals surface area contributed by atoms with E-state index >= 15 is 0 Å². The van der Waals surface area contributed by atoms with E-state index in [0.717, 1.165) is 0 Å². The first-order chi connectivity index (χ1) is 8.11. The Kier molecular flexibility index (Phi) is 3.54. The molecule has 1 atom stereocenters. The van der Waals surface area contributed by atoms with Crippen molar-refractivity contribution in [3.63, 3.8) is 0 Å². The topological polar surface area (TPSA) is 70.5 Å². The second kappa shape index (κ2) is 4.93. The second-order valence-corrected chi connectivity index (χ2v) is 4.83. The summed E-state index contributed by atoms with van der Waals surface area (Å²) in [6, 6.07) is 2.35. The standard InChI is InChI=1S/C10H9ClN2O3S/c11-8-6(2-1-3-12-8)9(14)13-5-17-4-7(13)10(15)16/h1-3,7H,4-5H2,(H,15,16)/t7-/m0/s1. The highest BCUT2D eigenvalue weighted by Crippen LogP contribution is 2.25. The Balaban J connectivity index is 2.26. The number of pyridine rings is 1. The zero-order chi connectivity index (χ0) is 12.4. The number of halogens is 1. The Bertz CT molecular complexity index is 469. The number of rotatable bonds is 2. The summed E-state index contributed by atoms with van der Waals surface area (Å²) in [4.78, 5) is 28.2. The first kappa shape index (κ1) is 12.2. The summed E-state index contributed by atoms with van der Waals surface area (Å²) in [7, 11) is 0. The molecule has 0 unspecified atom stereocenters. The van der Waals surface area contributed by atoms with E-state index in [1.807, 2.05) is 0 Å². The number of carbonyl (C=O) groups excluding carboxylic acids is 1. The summed E-state index contributed by atoms with van der Waals surface area (Å²) in [6.07, 6.45) is 1.48. The van der Waals surface area contributed by atoms with E-state index in [4.69, 9.17) is 16.7 Å². The van der Waals surface area contributed by atoms with Gasteiger partial charge in [-0.2, -0.15) is 0 Å². The van der Waals surface area contributed by atoms with Gasteiger partial charge in [-0.25, -0.2) is 9.78 Å². The summed E-state index contributed by atoms with van der Waals surface area (Å²) in [5.74, 6) is -0.621. The molecule has 0 saturated carbocycles. The van der Waals surface area contributed by atoms with E-state index in [1.165, 1.54) is 22.9 Å². The van der Waals surface area contributed by atoms with Gasteiger partial charge >= 0.3 is 5.97 Å². The highest BCUT2D eigenvalue weighted by atomic mass is 35.5. The van der Waals surface area contributed by atoms with Crippen molar-refractivity contribution in [2.45, 2.75) is 6.04 Å². The monoisotopic (exact) mass is 272 g/mol. The molecule has 1 aliphatic rings. The minimum absolute atomic E-state index is 0.0959. The quantitative estimate of drug-likeness (QED) is 0.823. The summed E-state index contributed by atoms with van der Waals surface area (Å²) in [5, 5.41) is 9.09. The maximum absolute atomic E-state index is 12.1. The molecule has 1 fully saturated rings. The minimum Gasteiger partial charge on any atom is -0.480 e. The molecule has 1 aromatic heterocycles. The van der Waals surface area contributed by atoms with E-state index in [1.54, 1.807) is 12.1 Å². The fourth-order valence-corrected chi connectivity index (χ4v) is 2.89. The minimum atomic E-state index is -0.997. The summed E-state index contributed by atoms with van der Waals surface area (Å²) >= 11 is 7.22. The van der Waals surface area contributed by atoms with Gasteiger partial charge in [-0.3, -0.25) is 4.79 Å². The fourth-order valence-electron chi connectivity index (χ4n) is 1.55. The first-order valence-electron chi connectivity index (χ1n) is 4.83. The van der Waals surface area contributed by atoms with Gasteiger partial charge in [0, 0.05) is 11.9 Å². The molecule has 1 aromatic rings. The molecule has 90 valence electrons. The average Bonchev–Trinajstić information content (AvgIpc) is 2.77. The third-order valence-electron chi connectivity index (χ3n) is 2.42. The number of hydrogen-bond acceptors (Lipinski definition) is 4. The molecule has 0 spiro atoms. The van der Waals surface area contributed by atoms with Crippen molar-refractivity contribution in [3.05, 3.63) is 29.0 Å². The molecular weight excluding hydrogens is 264 g/mol. The van der Waals surface area contributed by atoms with Crippen molar-refractivity contribution in [1.82, 2.24) is 9.88 Å². The maximum atomic E-state index is 12.1. The number of carboxylic acids is 1. The molecule has 1 N–H and O–H groups in total.